The average Bonchev–Trinajstić information content (AvgIpc) is 2.75. The van der Waals surface area contributed by atoms with E-state index in [1.165, 1.54) is 4.57 Å². The Labute approximate surface area is 193 Å². The number of halogens is 2. The number of hydrogen-bond donors (Lipinski definition) is 1. The highest BCUT2D eigenvalue weighted by Crippen LogP contribution is 2.27. The first-order valence-electron chi connectivity index (χ1n) is 9.66. The van der Waals surface area contributed by atoms with Crippen LogP contribution in [0.3, 0.4) is 0 Å². The molecular weight excluding hydrogens is 451 g/mol. The van der Waals surface area contributed by atoms with Crippen LogP contribution in [-0.2, 0) is 4.79 Å². The van der Waals surface area contributed by atoms with Crippen LogP contribution in [0.5, 0.6) is 5.75 Å². The quantitative estimate of drug-likeness (QED) is 0.457. The van der Waals surface area contributed by atoms with E-state index in [0.29, 0.717) is 44.0 Å². The van der Waals surface area contributed by atoms with Crippen molar-refractivity contribution in [3.8, 4) is 11.4 Å². The van der Waals surface area contributed by atoms with Crippen molar-refractivity contribution < 1.29 is 9.53 Å². The number of anilines is 1. The third-order valence-corrected chi connectivity index (χ3v) is 5.34. The molecule has 162 valence electrons. The Balaban J connectivity index is 1.53. The van der Waals surface area contributed by atoms with Crippen LogP contribution in [0, 0.1) is 13.8 Å². The Bertz CT molecular complexity index is 1400. The lowest BCUT2D eigenvalue weighted by atomic mass is 10.1. The van der Waals surface area contributed by atoms with Gasteiger partial charge in [-0.15, -0.1) is 0 Å². The van der Waals surface area contributed by atoms with Crippen molar-refractivity contribution in [2.45, 2.75) is 13.8 Å². The van der Waals surface area contributed by atoms with Crippen LogP contribution in [-0.4, -0.2) is 27.0 Å². The monoisotopic (exact) mass is 468 g/mol. The number of aryl methyl sites for hydroxylation is 2. The summed E-state index contributed by atoms with van der Waals surface area (Å²) in [5.41, 5.74) is 2.23. The molecule has 32 heavy (non-hydrogen) atoms. The van der Waals surface area contributed by atoms with Gasteiger partial charge in [0.2, 0.25) is 0 Å². The lowest BCUT2D eigenvalue weighted by Crippen LogP contribution is -2.23. The van der Waals surface area contributed by atoms with E-state index in [4.69, 9.17) is 27.9 Å². The fourth-order valence-electron chi connectivity index (χ4n) is 3.28. The van der Waals surface area contributed by atoms with Crippen molar-refractivity contribution in [3.63, 3.8) is 0 Å². The van der Waals surface area contributed by atoms with Gasteiger partial charge in [-0.05, 0) is 67.9 Å². The molecule has 1 amide bonds. The SMILES string of the molecule is Cc1cc(-n2c(C)nc3ncccc3c2=O)ccc1NC(=O)COc1ccc(Cl)cc1Cl. The minimum absolute atomic E-state index is 0.204. The molecule has 2 aromatic carbocycles. The summed E-state index contributed by atoms with van der Waals surface area (Å²) in [4.78, 5) is 33.9. The Morgan fingerprint density at radius 2 is 1.94 bits per heavy atom. The van der Waals surface area contributed by atoms with E-state index in [1.807, 2.05) is 13.0 Å². The molecule has 0 bridgehead atoms. The molecule has 4 rings (SSSR count). The number of amides is 1. The first-order chi connectivity index (χ1) is 15.3. The molecule has 0 radical (unpaired) electrons. The van der Waals surface area contributed by atoms with E-state index >= 15 is 0 Å². The molecule has 0 unspecified atom stereocenters. The largest absolute Gasteiger partial charge is 0.482 e. The third kappa shape index (κ3) is 4.44. The van der Waals surface area contributed by atoms with E-state index in [9.17, 15) is 9.59 Å². The zero-order valence-corrected chi connectivity index (χ0v) is 18.7. The average molecular weight is 469 g/mol. The van der Waals surface area contributed by atoms with Crippen LogP contribution in [0.25, 0.3) is 16.7 Å². The van der Waals surface area contributed by atoms with Gasteiger partial charge >= 0.3 is 0 Å². The van der Waals surface area contributed by atoms with Crippen molar-refractivity contribution in [2.24, 2.45) is 0 Å². The van der Waals surface area contributed by atoms with Gasteiger partial charge in [-0.1, -0.05) is 23.2 Å². The van der Waals surface area contributed by atoms with Crippen LogP contribution in [0.4, 0.5) is 5.69 Å². The molecule has 0 spiro atoms. The molecular formula is C23H18Cl2N4O3. The number of carbonyl (C=O) groups is 1. The number of nitrogens with one attached hydrogen (secondary N) is 1. The second-order valence-corrected chi connectivity index (χ2v) is 7.93. The maximum absolute atomic E-state index is 13.0. The Morgan fingerprint density at radius 3 is 2.69 bits per heavy atom. The van der Waals surface area contributed by atoms with Crippen LogP contribution < -0.4 is 15.6 Å². The molecule has 9 heteroatoms. The van der Waals surface area contributed by atoms with Gasteiger partial charge < -0.3 is 10.1 Å². The number of ether oxygens (including phenoxy) is 1. The molecule has 7 nitrogen and oxygen atoms in total. The number of benzene rings is 2. The maximum Gasteiger partial charge on any atom is 0.267 e. The minimum atomic E-state index is -0.348. The first kappa shape index (κ1) is 21.8. The van der Waals surface area contributed by atoms with Gasteiger partial charge in [-0.2, -0.15) is 0 Å². The van der Waals surface area contributed by atoms with Crippen molar-refractivity contribution in [1.29, 1.82) is 0 Å². The number of rotatable bonds is 5. The topological polar surface area (TPSA) is 86.1 Å². The van der Waals surface area contributed by atoms with Gasteiger partial charge in [0, 0.05) is 16.9 Å². The predicted octanol–water partition coefficient (Wildman–Crippen LogP) is 4.72. The van der Waals surface area contributed by atoms with Gasteiger partial charge in [0.25, 0.3) is 11.5 Å². The minimum Gasteiger partial charge on any atom is -0.482 e. The molecule has 4 aromatic rings. The fraction of sp³-hybridized carbons (Fsp3) is 0.130. The second kappa shape index (κ2) is 8.98. The van der Waals surface area contributed by atoms with Crippen molar-refractivity contribution in [1.82, 2.24) is 14.5 Å². The summed E-state index contributed by atoms with van der Waals surface area (Å²) in [6, 6.07) is 13.5. The number of nitrogens with zero attached hydrogens (tertiary/aromatic N) is 3. The van der Waals surface area contributed by atoms with E-state index in [2.05, 4.69) is 15.3 Å². The maximum atomic E-state index is 13.0. The standard InChI is InChI=1S/C23H18Cl2N4O3/c1-13-10-16(29-14(2)27-22-17(23(29)31)4-3-9-26-22)6-7-19(13)28-21(30)12-32-20-8-5-15(24)11-18(20)25/h3-11H,12H2,1-2H3,(H,28,30). The molecule has 0 aliphatic heterocycles. The van der Waals surface area contributed by atoms with E-state index < -0.39 is 0 Å². The molecule has 2 aromatic heterocycles. The number of fused-ring (bicyclic) bond motifs is 1. The Hall–Kier alpha value is -3.42. The molecule has 0 aliphatic rings. The summed E-state index contributed by atoms with van der Waals surface area (Å²) in [7, 11) is 0. The summed E-state index contributed by atoms with van der Waals surface area (Å²) >= 11 is 11.9. The third-order valence-electron chi connectivity index (χ3n) is 4.81. The van der Waals surface area contributed by atoms with Crippen LogP contribution >= 0.6 is 23.2 Å². The summed E-state index contributed by atoms with van der Waals surface area (Å²) < 4.78 is 6.99. The number of pyridine rings is 1. The molecule has 1 N–H and O–H groups in total. The van der Waals surface area contributed by atoms with Gasteiger partial charge in [-0.3, -0.25) is 14.2 Å². The normalized spacial score (nSPS) is 10.9. The Kier molecular flexibility index (Phi) is 6.12. The number of aromatic nitrogens is 3. The lowest BCUT2D eigenvalue weighted by Gasteiger charge is -2.14. The van der Waals surface area contributed by atoms with E-state index in [1.54, 1.807) is 55.6 Å². The zero-order valence-electron chi connectivity index (χ0n) is 17.2. The summed E-state index contributed by atoms with van der Waals surface area (Å²) in [6.45, 7) is 3.37. The lowest BCUT2D eigenvalue weighted by molar-refractivity contribution is -0.118. The smallest absolute Gasteiger partial charge is 0.267 e. The summed E-state index contributed by atoms with van der Waals surface area (Å²) in [5, 5.41) is 4.05. The van der Waals surface area contributed by atoms with Crippen molar-refractivity contribution in [2.75, 3.05) is 11.9 Å². The first-order valence-corrected chi connectivity index (χ1v) is 10.4. The highest BCUT2D eigenvalue weighted by atomic mass is 35.5. The van der Waals surface area contributed by atoms with Gasteiger partial charge in [-0.25, -0.2) is 9.97 Å². The van der Waals surface area contributed by atoms with Gasteiger partial charge in [0.15, 0.2) is 12.3 Å². The van der Waals surface area contributed by atoms with E-state index in [0.717, 1.165) is 5.56 Å². The van der Waals surface area contributed by atoms with Crippen LogP contribution in [0.15, 0.2) is 59.5 Å². The van der Waals surface area contributed by atoms with E-state index in [-0.39, 0.29) is 18.1 Å². The highest BCUT2D eigenvalue weighted by molar-refractivity contribution is 6.35. The second-order valence-electron chi connectivity index (χ2n) is 7.08. The predicted molar refractivity (Wildman–Crippen MR) is 125 cm³/mol. The molecule has 0 saturated heterocycles. The van der Waals surface area contributed by atoms with Gasteiger partial charge in [0.05, 0.1) is 16.1 Å². The Morgan fingerprint density at radius 1 is 1.12 bits per heavy atom. The zero-order chi connectivity index (χ0) is 22.8. The number of carbonyl (C=O) groups excluding carboxylic acids is 1. The molecule has 0 fully saturated rings. The fourth-order valence-corrected chi connectivity index (χ4v) is 3.74. The van der Waals surface area contributed by atoms with Gasteiger partial charge in [0.1, 0.15) is 11.6 Å². The summed E-state index contributed by atoms with van der Waals surface area (Å²) in [6.07, 6.45) is 1.60. The molecule has 0 aliphatic carbocycles. The summed E-state index contributed by atoms with van der Waals surface area (Å²) in [5.74, 6) is 0.538. The van der Waals surface area contributed by atoms with Crippen molar-refractivity contribution >= 4 is 45.8 Å². The van der Waals surface area contributed by atoms with Crippen molar-refractivity contribution in [3.05, 3.63) is 86.5 Å². The van der Waals surface area contributed by atoms with Crippen LogP contribution in [0.2, 0.25) is 10.0 Å². The number of hydrogen-bond acceptors (Lipinski definition) is 5. The molecule has 2 heterocycles. The molecule has 0 saturated carbocycles. The highest BCUT2D eigenvalue weighted by Gasteiger charge is 2.13. The molecule has 0 atom stereocenters. The van der Waals surface area contributed by atoms with Crippen LogP contribution in [0.1, 0.15) is 11.4 Å².